The van der Waals surface area contributed by atoms with E-state index in [-0.39, 0.29) is 24.1 Å². The number of halogens is 1. The Hall–Kier alpha value is -2.32. The summed E-state index contributed by atoms with van der Waals surface area (Å²) < 4.78 is 4.61. The Kier molecular flexibility index (Phi) is 5.94. The number of carbonyl (C=O) groups is 1. The van der Waals surface area contributed by atoms with Crippen molar-refractivity contribution in [1.29, 1.82) is 0 Å². The molecule has 21 heavy (non-hydrogen) atoms. The monoisotopic (exact) mass is 327 g/mol. The maximum absolute atomic E-state index is 11.5. The third kappa shape index (κ3) is 4.33. The fraction of sp³-hybridized carbons (Fsp3) is 0.0833. The SMILES string of the molecule is COC(=O)c1ncsc1N=C(N)Nc1cccc(N)c1.Cl. The Bertz CT molecular complexity index is 659. The molecule has 0 spiro atoms. The van der Waals surface area contributed by atoms with Crippen LogP contribution in [0.3, 0.4) is 0 Å². The standard InChI is InChI=1S/C12H13N5O2S.ClH/c1-19-11(18)9-10(20-6-15-9)17-12(14)16-8-4-2-3-7(13)5-8;/h2-6H,13H2,1H3,(H3,14,16,17);1H. The van der Waals surface area contributed by atoms with Crippen molar-refractivity contribution in [1.82, 2.24) is 4.98 Å². The van der Waals surface area contributed by atoms with Crippen molar-refractivity contribution in [3.05, 3.63) is 35.5 Å². The molecule has 0 saturated heterocycles. The molecular formula is C12H14ClN5O2S. The molecule has 1 aromatic heterocycles. The Labute approximate surface area is 131 Å². The molecule has 9 heteroatoms. The number of aliphatic imine (C=N–C) groups is 1. The van der Waals surface area contributed by atoms with Gasteiger partial charge in [-0.2, -0.15) is 0 Å². The van der Waals surface area contributed by atoms with Gasteiger partial charge in [-0.05, 0) is 18.2 Å². The lowest BCUT2D eigenvalue weighted by Gasteiger charge is -2.05. The summed E-state index contributed by atoms with van der Waals surface area (Å²) in [5.41, 5.74) is 14.4. The number of nitrogens with two attached hydrogens (primary N) is 2. The van der Waals surface area contributed by atoms with E-state index in [1.54, 1.807) is 24.3 Å². The molecule has 2 aromatic rings. The summed E-state index contributed by atoms with van der Waals surface area (Å²) in [6.45, 7) is 0. The largest absolute Gasteiger partial charge is 0.464 e. The zero-order valence-electron chi connectivity index (χ0n) is 11.1. The number of guanidine groups is 1. The van der Waals surface area contributed by atoms with Crippen molar-refractivity contribution < 1.29 is 9.53 Å². The van der Waals surface area contributed by atoms with Gasteiger partial charge in [0.1, 0.15) is 0 Å². The van der Waals surface area contributed by atoms with Gasteiger partial charge in [-0.15, -0.1) is 23.7 Å². The number of ether oxygens (including phenoxy) is 1. The van der Waals surface area contributed by atoms with Crippen LogP contribution in [-0.2, 0) is 4.74 Å². The van der Waals surface area contributed by atoms with Crippen LogP contribution in [0.1, 0.15) is 10.5 Å². The second-order valence-electron chi connectivity index (χ2n) is 3.75. The first-order chi connectivity index (χ1) is 9.60. The number of aromatic nitrogens is 1. The number of methoxy groups -OCH3 is 1. The summed E-state index contributed by atoms with van der Waals surface area (Å²) in [5.74, 6) is -0.424. The van der Waals surface area contributed by atoms with Gasteiger partial charge in [0.15, 0.2) is 16.7 Å². The van der Waals surface area contributed by atoms with Gasteiger partial charge in [0, 0.05) is 11.4 Å². The highest BCUT2D eigenvalue weighted by Gasteiger charge is 2.15. The number of nitrogens with zero attached hydrogens (tertiary/aromatic N) is 2. The second kappa shape index (κ2) is 7.46. The Morgan fingerprint density at radius 3 is 2.90 bits per heavy atom. The van der Waals surface area contributed by atoms with Crippen molar-refractivity contribution in [2.45, 2.75) is 0 Å². The first-order valence-corrected chi connectivity index (χ1v) is 6.46. The van der Waals surface area contributed by atoms with Gasteiger partial charge in [-0.25, -0.2) is 14.8 Å². The van der Waals surface area contributed by atoms with Crippen molar-refractivity contribution in [3.63, 3.8) is 0 Å². The van der Waals surface area contributed by atoms with E-state index in [1.165, 1.54) is 24.0 Å². The van der Waals surface area contributed by atoms with Crippen LogP contribution in [0.2, 0.25) is 0 Å². The van der Waals surface area contributed by atoms with Crippen LogP contribution in [0, 0.1) is 0 Å². The van der Waals surface area contributed by atoms with E-state index in [4.69, 9.17) is 11.5 Å². The van der Waals surface area contributed by atoms with Gasteiger partial charge >= 0.3 is 5.97 Å². The smallest absolute Gasteiger partial charge is 0.359 e. The van der Waals surface area contributed by atoms with E-state index in [0.717, 1.165) is 0 Å². The topological polar surface area (TPSA) is 116 Å². The van der Waals surface area contributed by atoms with Crippen LogP contribution >= 0.6 is 23.7 Å². The van der Waals surface area contributed by atoms with Gasteiger partial charge in [-0.1, -0.05) is 6.07 Å². The lowest BCUT2D eigenvalue weighted by atomic mass is 10.3. The van der Waals surface area contributed by atoms with Crippen LogP contribution in [0.4, 0.5) is 16.4 Å². The normalized spacial score (nSPS) is 10.6. The van der Waals surface area contributed by atoms with E-state index >= 15 is 0 Å². The highest BCUT2D eigenvalue weighted by molar-refractivity contribution is 7.14. The van der Waals surface area contributed by atoms with Crippen LogP contribution < -0.4 is 16.8 Å². The Morgan fingerprint density at radius 1 is 1.48 bits per heavy atom. The number of hydrogen-bond donors (Lipinski definition) is 3. The quantitative estimate of drug-likeness (QED) is 0.343. The lowest BCUT2D eigenvalue weighted by Crippen LogP contribution is -2.22. The molecule has 1 heterocycles. The number of nitrogen functional groups attached to an aromatic ring is 1. The van der Waals surface area contributed by atoms with Crippen molar-refractivity contribution in [2.24, 2.45) is 10.7 Å². The molecule has 5 N–H and O–H groups in total. The first-order valence-electron chi connectivity index (χ1n) is 5.58. The minimum Gasteiger partial charge on any atom is -0.464 e. The zero-order valence-corrected chi connectivity index (χ0v) is 12.7. The minimum absolute atomic E-state index is 0. The predicted octanol–water partition coefficient (Wildman–Crippen LogP) is 1.99. The molecule has 0 atom stereocenters. The molecule has 0 aliphatic carbocycles. The number of carbonyl (C=O) groups excluding carboxylic acids is 1. The summed E-state index contributed by atoms with van der Waals surface area (Å²) in [5, 5.41) is 3.26. The fourth-order valence-corrected chi connectivity index (χ4v) is 2.11. The van der Waals surface area contributed by atoms with Gasteiger partial charge in [0.2, 0.25) is 0 Å². The van der Waals surface area contributed by atoms with Crippen LogP contribution in [-0.4, -0.2) is 24.0 Å². The van der Waals surface area contributed by atoms with Gasteiger partial charge in [0.05, 0.1) is 12.6 Å². The lowest BCUT2D eigenvalue weighted by molar-refractivity contribution is 0.0596. The van der Waals surface area contributed by atoms with Crippen molar-refractivity contribution in [3.8, 4) is 0 Å². The Balaban J connectivity index is 0.00000220. The summed E-state index contributed by atoms with van der Waals surface area (Å²) in [7, 11) is 1.28. The predicted molar refractivity (Wildman–Crippen MR) is 86.5 cm³/mol. The molecule has 0 unspecified atom stereocenters. The molecule has 0 aliphatic heterocycles. The van der Waals surface area contributed by atoms with E-state index in [1.807, 2.05) is 0 Å². The summed E-state index contributed by atoms with van der Waals surface area (Å²) >= 11 is 1.19. The molecule has 0 bridgehead atoms. The van der Waals surface area contributed by atoms with Gasteiger partial charge in [0.25, 0.3) is 0 Å². The number of nitrogens with one attached hydrogen (secondary N) is 1. The van der Waals surface area contributed by atoms with Gasteiger partial charge < -0.3 is 21.5 Å². The molecule has 0 saturated carbocycles. The highest BCUT2D eigenvalue weighted by atomic mass is 35.5. The molecule has 0 fully saturated rings. The fourth-order valence-electron chi connectivity index (χ4n) is 1.46. The average molecular weight is 328 g/mol. The van der Waals surface area contributed by atoms with Crippen LogP contribution in [0.5, 0.6) is 0 Å². The van der Waals surface area contributed by atoms with Crippen molar-refractivity contribution >= 4 is 52.0 Å². The molecule has 1 aromatic carbocycles. The molecule has 0 aliphatic rings. The van der Waals surface area contributed by atoms with E-state index < -0.39 is 5.97 Å². The number of hydrogen-bond acceptors (Lipinski definition) is 6. The number of thiazole rings is 1. The summed E-state index contributed by atoms with van der Waals surface area (Å²) in [4.78, 5) is 19.5. The molecule has 7 nitrogen and oxygen atoms in total. The molecule has 0 amide bonds. The van der Waals surface area contributed by atoms with E-state index in [2.05, 4.69) is 20.0 Å². The minimum atomic E-state index is -0.554. The summed E-state index contributed by atoms with van der Waals surface area (Å²) in [6.07, 6.45) is 0. The average Bonchev–Trinajstić information content (AvgIpc) is 2.85. The third-order valence-electron chi connectivity index (χ3n) is 2.31. The second-order valence-corrected chi connectivity index (χ2v) is 4.58. The zero-order chi connectivity index (χ0) is 14.5. The van der Waals surface area contributed by atoms with Crippen LogP contribution in [0.15, 0.2) is 34.8 Å². The third-order valence-corrected chi connectivity index (χ3v) is 3.03. The molecule has 112 valence electrons. The molecule has 2 rings (SSSR count). The number of rotatable bonds is 3. The first kappa shape index (κ1) is 16.7. The maximum Gasteiger partial charge on any atom is 0.359 e. The molecule has 0 radical (unpaired) electrons. The van der Waals surface area contributed by atoms with Crippen molar-refractivity contribution in [2.75, 3.05) is 18.2 Å². The number of esters is 1. The Morgan fingerprint density at radius 2 is 2.24 bits per heavy atom. The molecular weight excluding hydrogens is 314 g/mol. The highest BCUT2D eigenvalue weighted by Crippen LogP contribution is 2.24. The van der Waals surface area contributed by atoms with Crippen LogP contribution in [0.25, 0.3) is 0 Å². The maximum atomic E-state index is 11.5. The number of anilines is 2. The van der Waals surface area contributed by atoms with E-state index in [0.29, 0.717) is 16.4 Å². The van der Waals surface area contributed by atoms with E-state index in [9.17, 15) is 4.79 Å². The summed E-state index contributed by atoms with van der Waals surface area (Å²) in [6, 6.07) is 7.07. The number of benzene rings is 1. The van der Waals surface area contributed by atoms with Gasteiger partial charge in [-0.3, -0.25) is 0 Å².